The molecule has 3 rings (SSSR count). The first kappa shape index (κ1) is 13.6. The highest BCUT2D eigenvalue weighted by molar-refractivity contribution is 9.10. The summed E-state index contributed by atoms with van der Waals surface area (Å²) in [6, 6.07) is 17.0. The lowest BCUT2D eigenvalue weighted by atomic mass is 10.1. The van der Waals surface area contributed by atoms with Crippen molar-refractivity contribution in [1.29, 1.82) is 0 Å². The number of benzene rings is 2. The van der Waals surface area contributed by atoms with Gasteiger partial charge in [-0.1, -0.05) is 36.4 Å². The molecule has 4 nitrogen and oxygen atoms in total. The van der Waals surface area contributed by atoms with E-state index in [0.717, 1.165) is 20.9 Å². The number of pyridine rings is 1. The van der Waals surface area contributed by atoms with Crippen molar-refractivity contribution in [1.82, 2.24) is 4.98 Å². The molecule has 0 radical (unpaired) electrons. The SMILES string of the molecule is O=C(Nc1ncccc1Br)Nc1cccc2ccccc12. The first-order chi connectivity index (χ1) is 10.2. The molecular weight excluding hydrogens is 330 g/mol. The third-order valence-corrected chi connectivity index (χ3v) is 3.67. The smallest absolute Gasteiger partial charge is 0.307 e. The maximum absolute atomic E-state index is 12.1. The van der Waals surface area contributed by atoms with Gasteiger partial charge in [-0.2, -0.15) is 0 Å². The molecule has 0 atom stereocenters. The number of nitrogens with zero attached hydrogens (tertiary/aromatic N) is 1. The van der Waals surface area contributed by atoms with Crippen LogP contribution in [0.5, 0.6) is 0 Å². The van der Waals surface area contributed by atoms with Gasteiger partial charge in [0, 0.05) is 11.6 Å². The van der Waals surface area contributed by atoms with E-state index in [0.29, 0.717) is 5.82 Å². The molecule has 5 heteroatoms. The Balaban J connectivity index is 1.82. The van der Waals surface area contributed by atoms with Gasteiger partial charge in [-0.15, -0.1) is 0 Å². The second kappa shape index (κ2) is 5.93. The van der Waals surface area contributed by atoms with Gasteiger partial charge in [0.25, 0.3) is 0 Å². The van der Waals surface area contributed by atoms with Gasteiger partial charge in [0.05, 0.1) is 10.2 Å². The molecule has 1 aromatic heterocycles. The van der Waals surface area contributed by atoms with Crippen LogP contribution < -0.4 is 10.6 Å². The third kappa shape index (κ3) is 3.03. The minimum atomic E-state index is -0.328. The van der Waals surface area contributed by atoms with Gasteiger partial charge in [-0.05, 0) is 39.5 Å². The molecule has 2 N–H and O–H groups in total. The van der Waals surface area contributed by atoms with E-state index in [1.54, 1.807) is 12.3 Å². The van der Waals surface area contributed by atoms with E-state index < -0.39 is 0 Å². The van der Waals surface area contributed by atoms with E-state index in [4.69, 9.17) is 0 Å². The van der Waals surface area contributed by atoms with Crippen molar-refractivity contribution in [3.8, 4) is 0 Å². The van der Waals surface area contributed by atoms with Crippen molar-refractivity contribution in [2.45, 2.75) is 0 Å². The van der Waals surface area contributed by atoms with Crippen LogP contribution >= 0.6 is 15.9 Å². The van der Waals surface area contributed by atoms with Gasteiger partial charge < -0.3 is 5.32 Å². The summed E-state index contributed by atoms with van der Waals surface area (Å²) in [5, 5.41) is 7.64. The minimum Gasteiger partial charge on any atom is -0.307 e. The summed E-state index contributed by atoms with van der Waals surface area (Å²) >= 11 is 3.34. The number of carbonyl (C=O) groups is 1. The Bertz CT molecular complexity index is 799. The minimum absolute atomic E-state index is 0.328. The summed E-state index contributed by atoms with van der Waals surface area (Å²) in [6.45, 7) is 0. The molecule has 0 aliphatic rings. The Labute approximate surface area is 130 Å². The molecule has 0 aliphatic heterocycles. The van der Waals surface area contributed by atoms with Crippen molar-refractivity contribution in [3.05, 3.63) is 65.3 Å². The number of halogens is 1. The van der Waals surface area contributed by atoms with Crippen molar-refractivity contribution in [3.63, 3.8) is 0 Å². The molecule has 0 saturated carbocycles. The van der Waals surface area contributed by atoms with E-state index in [2.05, 4.69) is 31.5 Å². The Morgan fingerprint density at radius 1 is 0.952 bits per heavy atom. The van der Waals surface area contributed by atoms with Gasteiger partial charge in [-0.25, -0.2) is 9.78 Å². The van der Waals surface area contributed by atoms with Gasteiger partial charge >= 0.3 is 6.03 Å². The zero-order chi connectivity index (χ0) is 14.7. The Morgan fingerprint density at radius 3 is 2.62 bits per heavy atom. The third-order valence-electron chi connectivity index (χ3n) is 3.03. The molecule has 0 spiro atoms. The Kier molecular flexibility index (Phi) is 3.83. The number of anilines is 2. The molecule has 1 heterocycles. The summed E-state index contributed by atoms with van der Waals surface area (Å²) in [5.41, 5.74) is 0.762. The normalized spacial score (nSPS) is 10.3. The fourth-order valence-corrected chi connectivity index (χ4v) is 2.43. The maximum Gasteiger partial charge on any atom is 0.324 e. The van der Waals surface area contributed by atoms with Crippen LogP contribution in [0.3, 0.4) is 0 Å². The summed E-state index contributed by atoms with van der Waals surface area (Å²) in [6.07, 6.45) is 1.62. The standard InChI is InChI=1S/C16H12BrN3O/c17-13-8-4-10-18-15(13)20-16(21)19-14-9-3-6-11-5-1-2-7-12(11)14/h1-10H,(H2,18,19,20,21). The molecule has 2 amide bonds. The lowest BCUT2D eigenvalue weighted by molar-refractivity contribution is 0.262. The van der Waals surface area contributed by atoms with Gasteiger partial charge in [-0.3, -0.25) is 5.32 Å². The number of nitrogens with one attached hydrogen (secondary N) is 2. The van der Waals surface area contributed by atoms with Crippen LogP contribution in [0.4, 0.5) is 16.3 Å². The van der Waals surface area contributed by atoms with Crippen LogP contribution in [0.1, 0.15) is 0 Å². The average Bonchev–Trinajstić information content (AvgIpc) is 2.50. The largest absolute Gasteiger partial charge is 0.324 e. The Hall–Kier alpha value is -2.40. The van der Waals surface area contributed by atoms with Gasteiger partial charge in [0.2, 0.25) is 0 Å². The molecule has 0 bridgehead atoms. The van der Waals surface area contributed by atoms with E-state index in [9.17, 15) is 4.79 Å². The number of fused-ring (bicyclic) bond motifs is 1. The van der Waals surface area contributed by atoms with Crippen LogP contribution in [0.15, 0.2) is 65.3 Å². The van der Waals surface area contributed by atoms with E-state index in [-0.39, 0.29) is 6.03 Å². The lowest BCUT2D eigenvalue weighted by Crippen LogP contribution is -2.20. The summed E-state index contributed by atoms with van der Waals surface area (Å²) in [7, 11) is 0. The van der Waals surface area contributed by atoms with E-state index >= 15 is 0 Å². The molecule has 0 unspecified atom stereocenters. The zero-order valence-electron chi connectivity index (χ0n) is 11.0. The van der Waals surface area contributed by atoms with E-state index in [1.165, 1.54) is 0 Å². The van der Waals surface area contributed by atoms with Crippen molar-refractivity contribution in [2.75, 3.05) is 10.6 Å². The number of aromatic nitrogens is 1. The zero-order valence-corrected chi connectivity index (χ0v) is 12.6. The predicted octanol–water partition coefficient (Wildman–Crippen LogP) is 4.64. The second-order valence-corrected chi connectivity index (χ2v) is 5.29. The first-order valence-electron chi connectivity index (χ1n) is 6.40. The highest BCUT2D eigenvalue weighted by Crippen LogP contribution is 2.23. The van der Waals surface area contributed by atoms with Crippen LogP contribution in [0.25, 0.3) is 10.8 Å². The number of hydrogen-bond acceptors (Lipinski definition) is 2. The molecule has 0 saturated heterocycles. The van der Waals surface area contributed by atoms with Gasteiger partial charge in [0.15, 0.2) is 0 Å². The fourth-order valence-electron chi connectivity index (χ4n) is 2.07. The van der Waals surface area contributed by atoms with Crippen LogP contribution in [0, 0.1) is 0 Å². The van der Waals surface area contributed by atoms with Crippen LogP contribution in [0.2, 0.25) is 0 Å². The van der Waals surface area contributed by atoms with Crippen molar-refractivity contribution < 1.29 is 4.79 Å². The number of rotatable bonds is 2. The Morgan fingerprint density at radius 2 is 1.76 bits per heavy atom. The van der Waals surface area contributed by atoms with E-state index in [1.807, 2.05) is 48.5 Å². The number of amides is 2. The maximum atomic E-state index is 12.1. The van der Waals surface area contributed by atoms with Crippen molar-refractivity contribution in [2.24, 2.45) is 0 Å². The monoisotopic (exact) mass is 341 g/mol. The fraction of sp³-hybridized carbons (Fsp3) is 0. The van der Waals surface area contributed by atoms with Crippen LogP contribution in [-0.4, -0.2) is 11.0 Å². The first-order valence-corrected chi connectivity index (χ1v) is 7.19. The molecule has 21 heavy (non-hydrogen) atoms. The number of hydrogen-bond donors (Lipinski definition) is 2. The average molecular weight is 342 g/mol. The quantitative estimate of drug-likeness (QED) is 0.713. The highest BCUT2D eigenvalue weighted by Gasteiger charge is 2.08. The molecule has 0 fully saturated rings. The summed E-state index contributed by atoms with van der Waals surface area (Å²) in [5.74, 6) is 0.482. The highest BCUT2D eigenvalue weighted by atomic mass is 79.9. The summed E-state index contributed by atoms with van der Waals surface area (Å²) < 4.78 is 0.734. The topological polar surface area (TPSA) is 54.0 Å². The molecule has 0 aliphatic carbocycles. The molecule has 104 valence electrons. The van der Waals surface area contributed by atoms with Crippen molar-refractivity contribution >= 4 is 44.2 Å². The molecule has 3 aromatic rings. The van der Waals surface area contributed by atoms with Gasteiger partial charge in [0.1, 0.15) is 5.82 Å². The van der Waals surface area contributed by atoms with Crippen LogP contribution in [-0.2, 0) is 0 Å². The predicted molar refractivity (Wildman–Crippen MR) is 88.5 cm³/mol. The molecule has 2 aromatic carbocycles. The lowest BCUT2D eigenvalue weighted by Gasteiger charge is -2.10. The second-order valence-electron chi connectivity index (χ2n) is 4.44. The number of carbonyl (C=O) groups excluding carboxylic acids is 1. The summed E-state index contributed by atoms with van der Waals surface area (Å²) in [4.78, 5) is 16.2. The number of urea groups is 1. The molecular formula is C16H12BrN3O.